The van der Waals surface area contributed by atoms with E-state index < -0.39 is 0 Å². The molecule has 0 spiro atoms. The summed E-state index contributed by atoms with van der Waals surface area (Å²) in [6, 6.07) is 10.5. The van der Waals surface area contributed by atoms with Crippen LogP contribution in [0.4, 0.5) is 5.82 Å². The van der Waals surface area contributed by atoms with E-state index in [0.717, 1.165) is 11.3 Å². The van der Waals surface area contributed by atoms with E-state index in [4.69, 9.17) is 34.8 Å². The monoisotopic (exact) mass is 313 g/mol. The first-order chi connectivity index (χ1) is 9.06. The van der Waals surface area contributed by atoms with E-state index in [-0.39, 0.29) is 0 Å². The Hall–Kier alpha value is -1.29. The van der Waals surface area contributed by atoms with Gasteiger partial charge in [-0.3, -0.25) is 5.43 Å². The van der Waals surface area contributed by atoms with Gasteiger partial charge in [0.15, 0.2) is 0 Å². The molecule has 0 aliphatic carbocycles. The normalized spacial score (nSPS) is 11.5. The molecule has 98 valence electrons. The fraction of sp³-hybridized carbons (Fsp3) is 0.0769. The summed E-state index contributed by atoms with van der Waals surface area (Å²) in [6.07, 6.45) is 0. The number of benzene rings is 1. The van der Waals surface area contributed by atoms with Crippen molar-refractivity contribution in [2.45, 2.75) is 6.92 Å². The molecule has 0 saturated carbocycles. The smallest absolute Gasteiger partial charge is 0.147 e. The number of anilines is 1. The molecule has 1 N–H and O–H groups in total. The van der Waals surface area contributed by atoms with Gasteiger partial charge in [0.25, 0.3) is 0 Å². The highest BCUT2D eigenvalue weighted by Crippen LogP contribution is 2.21. The van der Waals surface area contributed by atoms with E-state index in [2.05, 4.69) is 15.5 Å². The summed E-state index contributed by atoms with van der Waals surface area (Å²) in [6.45, 7) is 1.84. The maximum Gasteiger partial charge on any atom is 0.147 e. The number of hydrazone groups is 1. The third-order valence-electron chi connectivity index (χ3n) is 2.37. The van der Waals surface area contributed by atoms with Gasteiger partial charge in [0, 0.05) is 10.6 Å². The van der Waals surface area contributed by atoms with E-state index in [1.54, 1.807) is 30.3 Å². The van der Waals surface area contributed by atoms with Gasteiger partial charge in [0.05, 0.1) is 10.7 Å². The van der Waals surface area contributed by atoms with Crippen LogP contribution in [0, 0.1) is 0 Å². The number of rotatable bonds is 3. The van der Waals surface area contributed by atoms with Crippen LogP contribution >= 0.6 is 34.8 Å². The SMILES string of the molecule is C/C(=N/Nc1cccc(Cl)n1)c1ccc(Cl)cc1Cl. The molecular weight excluding hydrogens is 305 g/mol. The molecule has 3 nitrogen and oxygen atoms in total. The van der Waals surface area contributed by atoms with E-state index >= 15 is 0 Å². The number of nitrogens with one attached hydrogen (secondary N) is 1. The third kappa shape index (κ3) is 3.83. The Morgan fingerprint density at radius 3 is 2.63 bits per heavy atom. The van der Waals surface area contributed by atoms with Crippen molar-refractivity contribution in [3.8, 4) is 0 Å². The van der Waals surface area contributed by atoms with Crippen LogP contribution in [0.2, 0.25) is 15.2 Å². The first-order valence-electron chi connectivity index (χ1n) is 5.44. The van der Waals surface area contributed by atoms with Crippen molar-refractivity contribution in [2.75, 3.05) is 5.43 Å². The fourth-order valence-electron chi connectivity index (χ4n) is 1.45. The zero-order valence-electron chi connectivity index (χ0n) is 9.99. The lowest BCUT2D eigenvalue weighted by Gasteiger charge is -2.05. The van der Waals surface area contributed by atoms with Gasteiger partial charge in [-0.25, -0.2) is 4.98 Å². The van der Waals surface area contributed by atoms with Crippen LogP contribution in [-0.4, -0.2) is 10.7 Å². The van der Waals surface area contributed by atoms with Crippen LogP contribution in [0.5, 0.6) is 0 Å². The standard InChI is InChI=1S/C13H10Cl3N3/c1-8(10-6-5-9(14)7-11(10)15)18-19-13-4-2-3-12(16)17-13/h2-7H,1H3,(H,17,19)/b18-8-. The second kappa shape index (κ2) is 6.24. The molecule has 6 heteroatoms. The van der Waals surface area contributed by atoms with Gasteiger partial charge in [0.1, 0.15) is 11.0 Å². The molecule has 1 aromatic carbocycles. The highest BCUT2D eigenvalue weighted by molar-refractivity contribution is 6.37. The average Bonchev–Trinajstić information content (AvgIpc) is 2.36. The third-order valence-corrected chi connectivity index (χ3v) is 3.13. The molecule has 0 aliphatic rings. The van der Waals surface area contributed by atoms with Crippen molar-refractivity contribution in [3.05, 3.63) is 57.2 Å². The van der Waals surface area contributed by atoms with Crippen LogP contribution in [0.1, 0.15) is 12.5 Å². The minimum absolute atomic E-state index is 0.405. The minimum Gasteiger partial charge on any atom is -0.261 e. The van der Waals surface area contributed by atoms with Crippen LogP contribution in [0.25, 0.3) is 0 Å². The largest absolute Gasteiger partial charge is 0.261 e. The van der Waals surface area contributed by atoms with Crippen molar-refractivity contribution in [3.63, 3.8) is 0 Å². The zero-order valence-corrected chi connectivity index (χ0v) is 12.3. The summed E-state index contributed by atoms with van der Waals surface area (Å²) in [7, 11) is 0. The van der Waals surface area contributed by atoms with Crippen molar-refractivity contribution in [1.82, 2.24) is 4.98 Å². The zero-order chi connectivity index (χ0) is 13.8. The first kappa shape index (κ1) is 14.1. The lowest BCUT2D eigenvalue weighted by molar-refractivity contribution is 1.22. The van der Waals surface area contributed by atoms with E-state index in [9.17, 15) is 0 Å². The molecule has 0 saturated heterocycles. The van der Waals surface area contributed by atoms with Crippen molar-refractivity contribution >= 4 is 46.3 Å². The van der Waals surface area contributed by atoms with Crippen LogP contribution in [0.15, 0.2) is 41.5 Å². The molecule has 0 fully saturated rings. The predicted molar refractivity (Wildman–Crippen MR) is 81.5 cm³/mol. The van der Waals surface area contributed by atoms with Gasteiger partial charge >= 0.3 is 0 Å². The molecule has 0 aliphatic heterocycles. The van der Waals surface area contributed by atoms with Gasteiger partial charge in [-0.1, -0.05) is 46.9 Å². The summed E-state index contributed by atoms with van der Waals surface area (Å²) in [5.74, 6) is 0.567. The van der Waals surface area contributed by atoms with Crippen molar-refractivity contribution < 1.29 is 0 Å². The molecule has 0 bridgehead atoms. The van der Waals surface area contributed by atoms with Crippen LogP contribution in [-0.2, 0) is 0 Å². The Morgan fingerprint density at radius 2 is 1.95 bits per heavy atom. The molecular formula is C13H10Cl3N3. The molecule has 0 unspecified atom stereocenters. The topological polar surface area (TPSA) is 37.3 Å². The predicted octanol–water partition coefficient (Wildman–Crippen LogP) is 4.88. The Balaban J connectivity index is 2.19. The molecule has 0 atom stereocenters. The minimum atomic E-state index is 0.405. The molecule has 2 rings (SSSR count). The fourth-order valence-corrected chi connectivity index (χ4v) is 2.16. The molecule has 1 heterocycles. The number of hydrogen-bond acceptors (Lipinski definition) is 3. The highest BCUT2D eigenvalue weighted by Gasteiger charge is 2.04. The van der Waals surface area contributed by atoms with Crippen LogP contribution < -0.4 is 5.43 Å². The summed E-state index contributed by atoms with van der Waals surface area (Å²) >= 11 is 17.7. The summed E-state index contributed by atoms with van der Waals surface area (Å²) in [5.41, 5.74) is 4.36. The number of aromatic nitrogens is 1. The lowest BCUT2D eigenvalue weighted by Crippen LogP contribution is -2.01. The van der Waals surface area contributed by atoms with Gasteiger partial charge in [0.2, 0.25) is 0 Å². The molecule has 19 heavy (non-hydrogen) atoms. The number of nitrogens with zero attached hydrogens (tertiary/aromatic N) is 2. The number of pyridine rings is 1. The lowest BCUT2D eigenvalue weighted by atomic mass is 10.1. The van der Waals surface area contributed by atoms with Crippen LogP contribution in [0.3, 0.4) is 0 Å². The molecule has 0 radical (unpaired) electrons. The Morgan fingerprint density at radius 1 is 1.16 bits per heavy atom. The Labute approximate surface area is 126 Å². The van der Waals surface area contributed by atoms with E-state index in [1.165, 1.54) is 0 Å². The van der Waals surface area contributed by atoms with E-state index in [1.807, 2.05) is 13.0 Å². The second-order valence-corrected chi connectivity index (χ2v) is 5.01. The summed E-state index contributed by atoms with van der Waals surface area (Å²) < 4.78 is 0. The van der Waals surface area contributed by atoms with Crippen molar-refractivity contribution in [1.29, 1.82) is 0 Å². The molecule has 2 aromatic rings. The number of hydrogen-bond donors (Lipinski definition) is 1. The quantitative estimate of drug-likeness (QED) is 0.498. The van der Waals surface area contributed by atoms with Crippen molar-refractivity contribution in [2.24, 2.45) is 5.10 Å². The maximum absolute atomic E-state index is 6.10. The van der Waals surface area contributed by atoms with Gasteiger partial charge in [-0.2, -0.15) is 5.10 Å². The molecule has 0 amide bonds. The summed E-state index contributed by atoms with van der Waals surface area (Å²) in [4.78, 5) is 4.07. The Bertz CT molecular complexity index is 626. The summed E-state index contributed by atoms with van der Waals surface area (Å²) in [5, 5.41) is 5.76. The average molecular weight is 315 g/mol. The maximum atomic E-state index is 6.10. The van der Waals surface area contributed by atoms with Gasteiger partial charge < -0.3 is 0 Å². The number of halogens is 3. The first-order valence-corrected chi connectivity index (χ1v) is 6.58. The Kier molecular flexibility index (Phi) is 4.64. The van der Waals surface area contributed by atoms with Gasteiger partial charge in [-0.15, -0.1) is 0 Å². The molecule has 1 aromatic heterocycles. The highest BCUT2D eigenvalue weighted by atomic mass is 35.5. The second-order valence-electron chi connectivity index (χ2n) is 3.78. The van der Waals surface area contributed by atoms with Gasteiger partial charge in [-0.05, 0) is 31.2 Å². The van der Waals surface area contributed by atoms with E-state index in [0.29, 0.717) is 21.0 Å².